The first-order chi connectivity index (χ1) is 14.1. The van der Waals surface area contributed by atoms with Crippen molar-refractivity contribution in [3.05, 3.63) is 58.7 Å². The van der Waals surface area contributed by atoms with Gasteiger partial charge in [-0.25, -0.2) is 0 Å². The molecule has 30 heavy (non-hydrogen) atoms. The summed E-state index contributed by atoms with van der Waals surface area (Å²) in [6.07, 6.45) is 1.14. The molecule has 2 aromatic carbocycles. The van der Waals surface area contributed by atoms with E-state index in [1.807, 2.05) is 19.1 Å². The summed E-state index contributed by atoms with van der Waals surface area (Å²) >= 11 is 0. The van der Waals surface area contributed by atoms with Crippen LogP contribution in [-0.2, 0) is 30.9 Å². The molecule has 1 unspecified atom stereocenters. The normalized spacial score (nSPS) is 15.1. The molecule has 7 heteroatoms. The monoisotopic (exact) mass is 525 g/mol. The fourth-order valence-electron chi connectivity index (χ4n) is 3.51. The minimum Gasteiger partial charge on any atom is -0.494 e. The Balaban J connectivity index is 0.00000320. The molecule has 0 spiro atoms. The number of halogens is 1. The molecule has 0 saturated heterocycles. The maximum absolute atomic E-state index is 5.91. The van der Waals surface area contributed by atoms with Crippen molar-refractivity contribution in [1.29, 1.82) is 0 Å². The van der Waals surface area contributed by atoms with Crippen molar-refractivity contribution in [1.82, 2.24) is 10.6 Å². The van der Waals surface area contributed by atoms with Gasteiger partial charge in [-0.3, -0.25) is 4.99 Å². The van der Waals surface area contributed by atoms with Crippen LogP contribution in [0, 0.1) is 0 Å². The van der Waals surface area contributed by atoms with Crippen LogP contribution in [-0.4, -0.2) is 32.8 Å². The van der Waals surface area contributed by atoms with Crippen LogP contribution in [0.1, 0.15) is 36.1 Å². The van der Waals surface area contributed by atoms with E-state index in [1.54, 1.807) is 14.2 Å². The molecule has 3 rings (SSSR count). The summed E-state index contributed by atoms with van der Waals surface area (Å²) in [7, 11) is 3.48. The lowest BCUT2D eigenvalue weighted by Crippen LogP contribution is -2.36. The predicted octanol–water partition coefficient (Wildman–Crippen LogP) is 4.04. The van der Waals surface area contributed by atoms with Gasteiger partial charge in [0, 0.05) is 44.8 Å². The number of methoxy groups -OCH3 is 1. The second-order valence-electron chi connectivity index (χ2n) is 7.11. The van der Waals surface area contributed by atoms with Gasteiger partial charge in [0.05, 0.1) is 13.2 Å². The van der Waals surface area contributed by atoms with Crippen molar-refractivity contribution in [2.24, 2.45) is 4.99 Å². The van der Waals surface area contributed by atoms with E-state index in [2.05, 4.69) is 46.8 Å². The lowest BCUT2D eigenvalue weighted by atomic mass is 10.1. The largest absolute Gasteiger partial charge is 0.494 e. The molecule has 6 nitrogen and oxygen atoms in total. The van der Waals surface area contributed by atoms with Gasteiger partial charge >= 0.3 is 0 Å². The standard InChI is InChI=1S/C23H31N3O3.HI/c1-5-28-21-11-19-10-16(2)29-22(19)12-20(21)14-26-23(24-3)25-13-17-8-6-7-9-18(17)15-27-4;/h6-9,11-12,16H,5,10,13-15H2,1-4H3,(H2,24,25,26);1H. The highest BCUT2D eigenvalue weighted by Gasteiger charge is 2.21. The third kappa shape index (κ3) is 6.25. The molecule has 1 aliphatic heterocycles. The number of ether oxygens (including phenoxy) is 3. The number of hydrogen-bond donors (Lipinski definition) is 2. The Kier molecular flexibility index (Phi) is 9.71. The summed E-state index contributed by atoms with van der Waals surface area (Å²) in [5.41, 5.74) is 4.62. The Morgan fingerprint density at radius 2 is 1.83 bits per heavy atom. The smallest absolute Gasteiger partial charge is 0.191 e. The van der Waals surface area contributed by atoms with Gasteiger partial charge in [-0.05, 0) is 37.1 Å². The van der Waals surface area contributed by atoms with Crippen LogP contribution in [0.25, 0.3) is 0 Å². The van der Waals surface area contributed by atoms with Gasteiger partial charge in [0.2, 0.25) is 0 Å². The topological polar surface area (TPSA) is 64.1 Å². The molecular weight excluding hydrogens is 493 g/mol. The van der Waals surface area contributed by atoms with E-state index in [9.17, 15) is 0 Å². The van der Waals surface area contributed by atoms with Gasteiger partial charge in [-0.2, -0.15) is 0 Å². The zero-order chi connectivity index (χ0) is 20.6. The first kappa shape index (κ1) is 24.3. The lowest BCUT2D eigenvalue weighted by molar-refractivity contribution is 0.184. The zero-order valence-corrected chi connectivity index (χ0v) is 20.5. The third-order valence-corrected chi connectivity index (χ3v) is 4.91. The van der Waals surface area contributed by atoms with Crippen LogP contribution < -0.4 is 20.1 Å². The van der Waals surface area contributed by atoms with Gasteiger partial charge in [0.15, 0.2) is 5.96 Å². The van der Waals surface area contributed by atoms with Crippen molar-refractivity contribution in [2.45, 2.75) is 46.1 Å². The minimum atomic E-state index is 0. The molecule has 0 aliphatic carbocycles. The van der Waals surface area contributed by atoms with Crippen molar-refractivity contribution in [2.75, 3.05) is 20.8 Å². The Morgan fingerprint density at radius 3 is 2.50 bits per heavy atom. The summed E-state index contributed by atoms with van der Waals surface area (Å²) in [6.45, 7) is 6.58. The summed E-state index contributed by atoms with van der Waals surface area (Å²) in [4.78, 5) is 4.35. The number of fused-ring (bicyclic) bond motifs is 1. The summed E-state index contributed by atoms with van der Waals surface area (Å²) in [5, 5.41) is 6.76. The Morgan fingerprint density at radius 1 is 1.13 bits per heavy atom. The molecule has 2 aromatic rings. The van der Waals surface area contributed by atoms with E-state index in [1.165, 1.54) is 16.7 Å². The maximum atomic E-state index is 5.91. The minimum absolute atomic E-state index is 0. The number of nitrogens with one attached hydrogen (secondary N) is 2. The summed E-state index contributed by atoms with van der Waals surface area (Å²) in [5.74, 6) is 2.58. The summed E-state index contributed by atoms with van der Waals surface area (Å²) < 4.78 is 17.1. The number of guanidine groups is 1. The Labute approximate surface area is 196 Å². The summed E-state index contributed by atoms with van der Waals surface area (Å²) in [6, 6.07) is 12.4. The Hall–Kier alpha value is -2.00. The molecule has 0 amide bonds. The third-order valence-electron chi connectivity index (χ3n) is 4.91. The predicted molar refractivity (Wildman–Crippen MR) is 131 cm³/mol. The second-order valence-corrected chi connectivity index (χ2v) is 7.11. The molecule has 1 aliphatic rings. The van der Waals surface area contributed by atoms with Crippen LogP contribution in [0.3, 0.4) is 0 Å². The molecule has 0 saturated carbocycles. The quantitative estimate of drug-likeness (QED) is 0.310. The van der Waals surface area contributed by atoms with E-state index in [0.29, 0.717) is 26.3 Å². The molecule has 2 N–H and O–H groups in total. The average Bonchev–Trinajstić information content (AvgIpc) is 3.08. The van der Waals surface area contributed by atoms with Crippen molar-refractivity contribution in [3.8, 4) is 11.5 Å². The number of rotatable bonds is 8. The van der Waals surface area contributed by atoms with Gasteiger partial charge in [-0.15, -0.1) is 24.0 Å². The van der Waals surface area contributed by atoms with Gasteiger partial charge in [0.1, 0.15) is 17.6 Å². The SMILES string of the molecule is CCOc1cc2c(cc1CNC(=NC)NCc1ccccc1COC)OC(C)C2.I. The highest BCUT2D eigenvalue weighted by Crippen LogP contribution is 2.35. The first-order valence-electron chi connectivity index (χ1n) is 10.1. The van der Waals surface area contributed by atoms with E-state index >= 15 is 0 Å². The van der Waals surface area contributed by atoms with Crippen LogP contribution in [0.2, 0.25) is 0 Å². The highest BCUT2D eigenvalue weighted by molar-refractivity contribution is 14.0. The maximum Gasteiger partial charge on any atom is 0.191 e. The molecule has 0 fully saturated rings. The number of nitrogens with zero attached hydrogens (tertiary/aromatic N) is 1. The molecule has 0 aromatic heterocycles. The van der Waals surface area contributed by atoms with E-state index in [4.69, 9.17) is 14.2 Å². The molecule has 0 radical (unpaired) electrons. The highest BCUT2D eigenvalue weighted by atomic mass is 127. The Bertz CT molecular complexity index is 858. The van der Waals surface area contributed by atoms with Crippen LogP contribution in [0.5, 0.6) is 11.5 Å². The first-order valence-corrected chi connectivity index (χ1v) is 10.1. The molecular formula is C23H32IN3O3. The number of hydrogen-bond acceptors (Lipinski definition) is 4. The van der Waals surface area contributed by atoms with Crippen LogP contribution >= 0.6 is 24.0 Å². The van der Waals surface area contributed by atoms with Gasteiger partial charge in [0.25, 0.3) is 0 Å². The number of aliphatic imine (C=N–C) groups is 1. The fourth-order valence-corrected chi connectivity index (χ4v) is 3.51. The van der Waals surface area contributed by atoms with Crippen LogP contribution in [0.15, 0.2) is 41.4 Å². The van der Waals surface area contributed by atoms with E-state index in [0.717, 1.165) is 29.4 Å². The van der Waals surface area contributed by atoms with E-state index < -0.39 is 0 Å². The molecule has 0 bridgehead atoms. The zero-order valence-electron chi connectivity index (χ0n) is 18.2. The molecule has 164 valence electrons. The number of benzene rings is 2. The van der Waals surface area contributed by atoms with Gasteiger partial charge in [-0.1, -0.05) is 24.3 Å². The average molecular weight is 525 g/mol. The van der Waals surface area contributed by atoms with E-state index in [-0.39, 0.29) is 30.1 Å². The molecule has 1 heterocycles. The van der Waals surface area contributed by atoms with Crippen molar-refractivity contribution in [3.63, 3.8) is 0 Å². The van der Waals surface area contributed by atoms with Crippen molar-refractivity contribution < 1.29 is 14.2 Å². The van der Waals surface area contributed by atoms with Crippen molar-refractivity contribution >= 4 is 29.9 Å². The van der Waals surface area contributed by atoms with Crippen LogP contribution in [0.4, 0.5) is 0 Å². The van der Waals surface area contributed by atoms with Gasteiger partial charge < -0.3 is 24.8 Å². The lowest BCUT2D eigenvalue weighted by Gasteiger charge is -2.16. The second kappa shape index (κ2) is 12.0. The fraction of sp³-hybridized carbons (Fsp3) is 0.435. The molecule has 1 atom stereocenters.